The molecule has 0 amide bonds. The molecule has 17 heavy (non-hydrogen) atoms. The Morgan fingerprint density at radius 1 is 1.35 bits per heavy atom. The third kappa shape index (κ3) is 2.38. The van der Waals surface area contributed by atoms with Crippen molar-refractivity contribution in [3.63, 3.8) is 0 Å². The number of rotatable bonds is 3. The number of hydrogen-bond donors (Lipinski definition) is 0. The second-order valence-corrected chi connectivity index (χ2v) is 4.77. The molecule has 0 saturated heterocycles. The molecule has 3 heteroatoms. The number of nitrogens with zero attached hydrogens (tertiary/aromatic N) is 2. The van der Waals surface area contributed by atoms with Crippen LogP contribution in [-0.4, -0.2) is 18.0 Å². The zero-order valence-electron chi connectivity index (χ0n) is 10.6. The third-order valence-electron chi connectivity index (χ3n) is 3.10. The zero-order valence-corrected chi connectivity index (χ0v) is 10.6. The fourth-order valence-electron chi connectivity index (χ4n) is 2.07. The number of hydrazone groups is 1. The Morgan fingerprint density at radius 3 is 2.59 bits per heavy atom. The number of para-hydroxylation sites is 1. The third-order valence-corrected chi connectivity index (χ3v) is 3.10. The van der Waals surface area contributed by atoms with Gasteiger partial charge in [-0.25, -0.2) is 0 Å². The minimum Gasteiger partial charge on any atom is -0.299 e. The summed E-state index contributed by atoms with van der Waals surface area (Å²) < 4.78 is 0. The van der Waals surface area contributed by atoms with Crippen LogP contribution in [0.2, 0.25) is 0 Å². The second-order valence-electron chi connectivity index (χ2n) is 4.77. The van der Waals surface area contributed by atoms with Gasteiger partial charge in [0.2, 0.25) is 0 Å². The first-order chi connectivity index (χ1) is 8.09. The predicted molar refractivity (Wildman–Crippen MR) is 70.2 cm³/mol. The van der Waals surface area contributed by atoms with E-state index in [1.54, 1.807) is 0 Å². The van der Waals surface area contributed by atoms with E-state index < -0.39 is 0 Å². The summed E-state index contributed by atoms with van der Waals surface area (Å²) in [6.07, 6.45) is 0. The van der Waals surface area contributed by atoms with E-state index in [0.717, 1.165) is 11.4 Å². The quantitative estimate of drug-likeness (QED) is 0.799. The molecule has 0 fully saturated rings. The fourth-order valence-corrected chi connectivity index (χ4v) is 2.07. The number of carbonyl (C=O) groups excluding carboxylic acids is 1. The maximum atomic E-state index is 12.0. The Hall–Kier alpha value is -1.64. The van der Waals surface area contributed by atoms with Crippen molar-refractivity contribution in [1.29, 1.82) is 0 Å². The molecule has 1 atom stereocenters. The molecule has 0 saturated carbocycles. The molecule has 1 heterocycles. The van der Waals surface area contributed by atoms with Crippen molar-refractivity contribution in [3.05, 3.63) is 30.3 Å². The molecule has 3 nitrogen and oxygen atoms in total. The average Bonchev–Trinajstić information content (AvgIpc) is 2.71. The number of anilines is 1. The monoisotopic (exact) mass is 230 g/mol. The van der Waals surface area contributed by atoms with Crippen molar-refractivity contribution in [1.82, 2.24) is 0 Å². The lowest BCUT2D eigenvalue weighted by atomic mass is 9.92. The molecule has 1 aromatic rings. The van der Waals surface area contributed by atoms with Gasteiger partial charge in [-0.15, -0.1) is 0 Å². The van der Waals surface area contributed by atoms with Crippen LogP contribution in [0.5, 0.6) is 0 Å². The molecule has 1 aliphatic rings. The van der Waals surface area contributed by atoms with Gasteiger partial charge in [-0.1, -0.05) is 32.0 Å². The topological polar surface area (TPSA) is 32.7 Å². The van der Waals surface area contributed by atoms with Crippen LogP contribution in [0.4, 0.5) is 5.69 Å². The highest BCUT2D eigenvalue weighted by molar-refractivity contribution is 6.06. The number of hydrogen-bond acceptors (Lipinski definition) is 3. The van der Waals surface area contributed by atoms with Gasteiger partial charge < -0.3 is 0 Å². The highest BCUT2D eigenvalue weighted by atomic mass is 16.1. The minimum atomic E-state index is -0.0461. The van der Waals surface area contributed by atoms with Gasteiger partial charge in [0, 0.05) is 11.6 Å². The Labute approximate surface area is 102 Å². The summed E-state index contributed by atoms with van der Waals surface area (Å²) in [4.78, 5) is 12.0. The molecule has 0 bridgehead atoms. The Bertz CT molecular complexity index is 437. The van der Waals surface area contributed by atoms with Crippen molar-refractivity contribution in [2.75, 3.05) is 11.6 Å². The van der Waals surface area contributed by atoms with Gasteiger partial charge in [-0.3, -0.25) is 9.80 Å². The van der Waals surface area contributed by atoms with Crippen molar-refractivity contribution in [2.45, 2.75) is 20.8 Å². The SMILES string of the molecule is CC1=NN(c2ccccc2)CC1C(=O)C(C)C. The van der Waals surface area contributed by atoms with Gasteiger partial charge in [0.05, 0.1) is 18.2 Å². The van der Waals surface area contributed by atoms with Gasteiger partial charge in [0.25, 0.3) is 0 Å². The van der Waals surface area contributed by atoms with Crippen LogP contribution >= 0.6 is 0 Å². The summed E-state index contributed by atoms with van der Waals surface area (Å²) in [6.45, 7) is 6.50. The van der Waals surface area contributed by atoms with E-state index in [4.69, 9.17) is 0 Å². The number of benzene rings is 1. The van der Waals surface area contributed by atoms with Gasteiger partial charge in [0.1, 0.15) is 5.78 Å². The number of ketones is 1. The Morgan fingerprint density at radius 2 is 2.00 bits per heavy atom. The van der Waals surface area contributed by atoms with Crippen LogP contribution in [0, 0.1) is 11.8 Å². The van der Waals surface area contributed by atoms with E-state index in [0.29, 0.717) is 6.54 Å². The van der Waals surface area contributed by atoms with Crippen LogP contribution in [-0.2, 0) is 4.79 Å². The highest BCUT2D eigenvalue weighted by Crippen LogP contribution is 2.24. The normalized spacial score (nSPS) is 19.6. The number of carbonyl (C=O) groups is 1. The van der Waals surface area contributed by atoms with E-state index in [-0.39, 0.29) is 17.6 Å². The summed E-state index contributed by atoms with van der Waals surface area (Å²) in [7, 11) is 0. The smallest absolute Gasteiger partial charge is 0.146 e. The molecule has 2 rings (SSSR count). The summed E-state index contributed by atoms with van der Waals surface area (Å²) in [5, 5.41) is 6.39. The molecule has 1 unspecified atom stereocenters. The van der Waals surface area contributed by atoms with E-state index in [9.17, 15) is 4.79 Å². The molecular weight excluding hydrogens is 212 g/mol. The van der Waals surface area contributed by atoms with Crippen LogP contribution in [0.3, 0.4) is 0 Å². The molecule has 90 valence electrons. The first kappa shape index (κ1) is 11.8. The van der Waals surface area contributed by atoms with Gasteiger partial charge in [-0.05, 0) is 19.1 Å². The molecule has 0 aromatic heterocycles. The maximum Gasteiger partial charge on any atom is 0.146 e. The molecule has 1 aliphatic heterocycles. The molecule has 0 N–H and O–H groups in total. The minimum absolute atomic E-state index is 0.0461. The standard InChI is InChI=1S/C14H18N2O/c1-10(2)14(17)13-9-16(15-11(13)3)12-7-5-4-6-8-12/h4-8,10,13H,9H2,1-3H3. The molecule has 0 spiro atoms. The molecule has 1 aromatic carbocycles. The summed E-state index contributed by atoms with van der Waals surface area (Å²) in [5.74, 6) is 0.306. The first-order valence-electron chi connectivity index (χ1n) is 6.01. The van der Waals surface area contributed by atoms with Crippen LogP contribution in [0.1, 0.15) is 20.8 Å². The van der Waals surface area contributed by atoms with Crippen LogP contribution in [0.15, 0.2) is 35.4 Å². The van der Waals surface area contributed by atoms with Crippen molar-refractivity contribution in [2.24, 2.45) is 16.9 Å². The Balaban J connectivity index is 2.16. The van der Waals surface area contributed by atoms with Gasteiger partial charge in [-0.2, -0.15) is 5.10 Å². The lowest BCUT2D eigenvalue weighted by Crippen LogP contribution is -2.29. The van der Waals surface area contributed by atoms with Gasteiger partial charge in [0.15, 0.2) is 0 Å². The second kappa shape index (κ2) is 4.70. The first-order valence-corrected chi connectivity index (χ1v) is 6.01. The Kier molecular flexibility index (Phi) is 3.27. The summed E-state index contributed by atoms with van der Waals surface area (Å²) in [6, 6.07) is 9.97. The van der Waals surface area contributed by atoms with Gasteiger partial charge >= 0.3 is 0 Å². The zero-order chi connectivity index (χ0) is 12.4. The lowest BCUT2D eigenvalue weighted by Gasteiger charge is -2.16. The maximum absolute atomic E-state index is 12.0. The molecule has 0 radical (unpaired) electrons. The van der Waals surface area contributed by atoms with E-state index in [2.05, 4.69) is 5.10 Å². The van der Waals surface area contributed by atoms with Crippen molar-refractivity contribution < 1.29 is 4.79 Å². The largest absolute Gasteiger partial charge is 0.299 e. The molecular formula is C14H18N2O. The number of Topliss-reactive ketones (excluding diaryl/α,β-unsaturated/α-hetero) is 1. The van der Waals surface area contributed by atoms with Crippen molar-refractivity contribution in [3.8, 4) is 0 Å². The summed E-state index contributed by atoms with van der Waals surface area (Å²) in [5.41, 5.74) is 1.97. The van der Waals surface area contributed by atoms with E-state index in [1.165, 1.54) is 0 Å². The lowest BCUT2D eigenvalue weighted by molar-refractivity contribution is -0.123. The van der Waals surface area contributed by atoms with E-state index >= 15 is 0 Å². The fraction of sp³-hybridized carbons (Fsp3) is 0.429. The predicted octanol–water partition coefficient (Wildman–Crippen LogP) is 2.72. The molecule has 0 aliphatic carbocycles. The van der Waals surface area contributed by atoms with Crippen molar-refractivity contribution >= 4 is 17.2 Å². The van der Waals surface area contributed by atoms with Crippen LogP contribution < -0.4 is 5.01 Å². The summed E-state index contributed by atoms with van der Waals surface area (Å²) >= 11 is 0. The highest BCUT2D eigenvalue weighted by Gasteiger charge is 2.31. The average molecular weight is 230 g/mol. The van der Waals surface area contributed by atoms with E-state index in [1.807, 2.05) is 56.1 Å². The van der Waals surface area contributed by atoms with Crippen LogP contribution in [0.25, 0.3) is 0 Å².